The molecule has 0 saturated heterocycles. The van der Waals surface area contributed by atoms with Crippen molar-refractivity contribution in [3.05, 3.63) is 65.9 Å². The molecule has 0 bridgehead atoms. The van der Waals surface area contributed by atoms with E-state index in [-0.39, 0.29) is 0 Å². The molecule has 0 spiro atoms. The monoisotopic (exact) mass is 294 g/mol. The van der Waals surface area contributed by atoms with Gasteiger partial charge in [-0.25, -0.2) is 9.97 Å². The molecule has 0 unspecified atom stereocenters. The number of aryl methyl sites for hydroxylation is 2. The molecule has 22 heavy (non-hydrogen) atoms. The zero-order valence-corrected chi connectivity index (χ0v) is 12.6. The number of nitrogens with zero attached hydrogens (tertiary/aromatic N) is 2. The highest BCUT2D eigenvalue weighted by atomic mass is 16.3. The second-order valence-electron chi connectivity index (χ2n) is 5.16. The van der Waals surface area contributed by atoms with Gasteiger partial charge in [0.25, 0.3) is 0 Å². The summed E-state index contributed by atoms with van der Waals surface area (Å²) in [7, 11) is 0. The van der Waals surface area contributed by atoms with Crippen LogP contribution < -0.4 is 10.6 Å². The predicted octanol–water partition coefficient (Wildman–Crippen LogP) is 4.04. The Kier molecular flexibility index (Phi) is 4.05. The van der Waals surface area contributed by atoms with E-state index < -0.39 is 0 Å². The normalized spacial score (nSPS) is 10.5. The van der Waals surface area contributed by atoms with Crippen LogP contribution in [0.4, 0.5) is 17.3 Å². The Morgan fingerprint density at radius 1 is 1.05 bits per heavy atom. The Morgan fingerprint density at radius 2 is 1.91 bits per heavy atom. The second kappa shape index (κ2) is 6.30. The van der Waals surface area contributed by atoms with Crippen LogP contribution >= 0.6 is 0 Å². The third-order valence-electron chi connectivity index (χ3n) is 3.35. The van der Waals surface area contributed by atoms with E-state index in [1.54, 1.807) is 6.26 Å². The molecule has 3 rings (SSSR count). The van der Waals surface area contributed by atoms with Crippen LogP contribution in [0, 0.1) is 13.8 Å². The summed E-state index contributed by atoms with van der Waals surface area (Å²) in [5.41, 5.74) is 3.43. The molecule has 2 N–H and O–H groups in total. The highest BCUT2D eigenvalue weighted by molar-refractivity contribution is 5.62. The van der Waals surface area contributed by atoms with Crippen molar-refractivity contribution in [2.45, 2.75) is 20.4 Å². The molecule has 1 aromatic carbocycles. The number of nitrogens with one attached hydrogen (secondary N) is 2. The molecule has 2 aromatic heterocycles. The lowest BCUT2D eigenvalue weighted by Gasteiger charge is -2.11. The van der Waals surface area contributed by atoms with Crippen LogP contribution in [0.15, 0.2) is 53.4 Å². The quantitative estimate of drug-likeness (QED) is 0.743. The van der Waals surface area contributed by atoms with Crippen LogP contribution in [0.2, 0.25) is 0 Å². The lowest BCUT2D eigenvalue weighted by atomic mass is 10.1. The zero-order valence-electron chi connectivity index (χ0n) is 12.6. The Labute approximate surface area is 129 Å². The number of benzene rings is 1. The summed E-state index contributed by atoms with van der Waals surface area (Å²) < 4.78 is 5.29. The van der Waals surface area contributed by atoms with Gasteiger partial charge < -0.3 is 15.1 Å². The maximum atomic E-state index is 5.29. The summed E-state index contributed by atoms with van der Waals surface area (Å²) in [4.78, 5) is 8.48. The first kappa shape index (κ1) is 14.1. The summed E-state index contributed by atoms with van der Waals surface area (Å²) in [6, 6.07) is 12.0. The second-order valence-corrected chi connectivity index (χ2v) is 5.16. The molecular weight excluding hydrogens is 276 g/mol. The van der Waals surface area contributed by atoms with Crippen LogP contribution in [0.5, 0.6) is 0 Å². The third-order valence-corrected chi connectivity index (χ3v) is 3.35. The molecule has 0 aliphatic carbocycles. The topological polar surface area (TPSA) is 63.0 Å². The van der Waals surface area contributed by atoms with Crippen molar-refractivity contribution < 1.29 is 4.42 Å². The molecule has 0 radical (unpaired) electrons. The van der Waals surface area contributed by atoms with Gasteiger partial charge in [-0.15, -0.1) is 0 Å². The smallest absolute Gasteiger partial charge is 0.135 e. The van der Waals surface area contributed by atoms with E-state index in [0.29, 0.717) is 6.54 Å². The Balaban J connectivity index is 1.72. The van der Waals surface area contributed by atoms with Gasteiger partial charge >= 0.3 is 0 Å². The molecule has 0 fully saturated rings. The number of furan rings is 1. The van der Waals surface area contributed by atoms with Crippen molar-refractivity contribution in [2.24, 2.45) is 0 Å². The highest BCUT2D eigenvalue weighted by Gasteiger charge is 2.03. The highest BCUT2D eigenvalue weighted by Crippen LogP contribution is 2.21. The number of aromatic nitrogens is 2. The molecular formula is C17H18N4O. The summed E-state index contributed by atoms with van der Waals surface area (Å²) >= 11 is 0. The summed E-state index contributed by atoms with van der Waals surface area (Å²) in [6.07, 6.45) is 3.20. The van der Waals surface area contributed by atoms with Gasteiger partial charge in [0.05, 0.1) is 12.8 Å². The van der Waals surface area contributed by atoms with Gasteiger partial charge in [-0.1, -0.05) is 12.1 Å². The first-order valence-electron chi connectivity index (χ1n) is 7.13. The minimum absolute atomic E-state index is 0.590. The number of anilines is 3. The van der Waals surface area contributed by atoms with Crippen LogP contribution in [-0.4, -0.2) is 9.97 Å². The van der Waals surface area contributed by atoms with E-state index in [1.165, 1.54) is 17.5 Å². The van der Waals surface area contributed by atoms with E-state index in [2.05, 4.69) is 52.6 Å². The number of hydrogen-bond donors (Lipinski definition) is 2. The van der Waals surface area contributed by atoms with E-state index in [0.717, 1.165) is 23.1 Å². The van der Waals surface area contributed by atoms with Crippen LogP contribution in [0.1, 0.15) is 16.9 Å². The predicted molar refractivity (Wildman–Crippen MR) is 87.3 cm³/mol. The number of hydrogen-bond acceptors (Lipinski definition) is 5. The van der Waals surface area contributed by atoms with Gasteiger partial charge in [-0.3, -0.25) is 0 Å². The SMILES string of the molecule is Cc1ccc(C)c(Nc2cc(NCc3ccco3)ncn2)c1. The lowest BCUT2D eigenvalue weighted by Crippen LogP contribution is -2.03. The average Bonchev–Trinajstić information content (AvgIpc) is 3.03. The molecule has 5 nitrogen and oxygen atoms in total. The first-order chi connectivity index (χ1) is 10.7. The van der Waals surface area contributed by atoms with Crippen molar-refractivity contribution >= 4 is 17.3 Å². The Hall–Kier alpha value is -2.82. The molecule has 112 valence electrons. The van der Waals surface area contributed by atoms with Gasteiger partial charge in [0.1, 0.15) is 23.7 Å². The largest absolute Gasteiger partial charge is 0.467 e. The maximum absolute atomic E-state index is 5.29. The Bertz CT molecular complexity index is 753. The van der Waals surface area contributed by atoms with Gasteiger partial charge in [-0.05, 0) is 43.2 Å². The Morgan fingerprint density at radius 3 is 2.73 bits per heavy atom. The fourth-order valence-corrected chi connectivity index (χ4v) is 2.12. The van der Waals surface area contributed by atoms with E-state index in [1.807, 2.05) is 18.2 Å². The van der Waals surface area contributed by atoms with Crippen LogP contribution in [0.3, 0.4) is 0 Å². The van der Waals surface area contributed by atoms with Crippen molar-refractivity contribution in [2.75, 3.05) is 10.6 Å². The molecule has 3 aromatic rings. The van der Waals surface area contributed by atoms with Crippen molar-refractivity contribution in [1.29, 1.82) is 0 Å². The fraction of sp³-hybridized carbons (Fsp3) is 0.176. The van der Waals surface area contributed by atoms with Crippen molar-refractivity contribution in [3.63, 3.8) is 0 Å². The molecule has 0 atom stereocenters. The maximum Gasteiger partial charge on any atom is 0.135 e. The fourth-order valence-electron chi connectivity index (χ4n) is 2.12. The van der Waals surface area contributed by atoms with E-state index in [4.69, 9.17) is 4.42 Å². The molecule has 5 heteroatoms. The van der Waals surface area contributed by atoms with Crippen LogP contribution in [0.25, 0.3) is 0 Å². The summed E-state index contributed by atoms with van der Waals surface area (Å²) in [6.45, 7) is 4.73. The van der Waals surface area contributed by atoms with Gasteiger partial charge in [0.2, 0.25) is 0 Å². The van der Waals surface area contributed by atoms with Gasteiger partial charge in [-0.2, -0.15) is 0 Å². The summed E-state index contributed by atoms with van der Waals surface area (Å²) in [5, 5.41) is 6.55. The molecule has 0 saturated carbocycles. The minimum Gasteiger partial charge on any atom is -0.467 e. The third kappa shape index (κ3) is 3.44. The van der Waals surface area contributed by atoms with E-state index in [9.17, 15) is 0 Å². The number of rotatable bonds is 5. The van der Waals surface area contributed by atoms with Crippen LogP contribution in [-0.2, 0) is 6.54 Å². The van der Waals surface area contributed by atoms with Gasteiger partial charge in [0, 0.05) is 11.8 Å². The molecule has 0 amide bonds. The first-order valence-corrected chi connectivity index (χ1v) is 7.13. The van der Waals surface area contributed by atoms with Gasteiger partial charge in [0.15, 0.2) is 0 Å². The molecule has 0 aliphatic rings. The average molecular weight is 294 g/mol. The lowest BCUT2D eigenvalue weighted by molar-refractivity contribution is 0.518. The minimum atomic E-state index is 0.590. The zero-order chi connectivity index (χ0) is 15.4. The van der Waals surface area contributed by atoms with Crippen molar-refractivity contribution in [3.8, 4) is 0 Å². The standard InChI is InChI=1S/C17H18N4O/c1-12-5-6-13(2)15(8-12)21-17-9-16(19-11-20-17)18-10-14-4-3-7-22-14/h3-9,11H,10H2,1-2H3,(H2,18,19,20,21). The summed E-state index contributed by atoms with van der Waals surface area (Å²) in [5.74, 6) is 2.37. The molecule has 0 aliphatic heterocycles. The van der Waals surface area contributed by atoms with Crippen molar-refractivity contribution in [1.82, 2.24) is 9.97 Å². The molecule has 2 heterocycles. The van der Waals surface area contributed by atoms with E-state index >= 15 is 0 Å².